The first-order chi connectivity index (χ1) is 27.9. The van der Waals surface area contributed by atoms with Crippen LogP contribution in [-0.4, -0.2) is 80.5 Å². The number of aliphatic hydroxyl groups excluding tert-OH is 2. The summed E-state index contributed by atoms with van der Waals surface area (Å²) < 4.78 is 56.8. The summed E-state index contributed by atoms with van der Waals surface area (Å²) in [6.45, 7) is 2.97. The molecular formula is C41H64FN6O9P. The van der Waals surface area contributed by atoms with E-state index < -0.39 is 57.0 Å². The van der Waals surface area contributed by atoms with E-state index in [9.17, 15) is 29.3 Å². The number of aliphatic hydroxyl groups is 2. The van der Waals surface area contributed by atoms with Crippen LogP contribution in [0.3, 0.4) is 0 Å². The lowest BCUT2D eigenvalue weighted by molar-refractivity contribution is -0.0982. The standard InChI is InChI=1S/C41H64FN6O9P/c1-3-4-5-6-7-8-9-10-11-12-13-14-15-16-17-18-21-53-26-33(54-25-31-22-32(24-43)30(2)34(42)23-31)27-55-58(51,52)56-28-36-38(49)39(50)41(45,57-36)37-20-19-35-40(44)46-29-47-48(35)37/h19-20,22-23,29,33,36,38-39,49-50H,3-18,21,25-28,45H2,1-2H3,(H,51,52)(H2,44,46,47)/t33-,36-,38-,39-,41+/m1/s1. The number of benzene rings is 1. The van der Waals surface area contributed by atoms with Crippen LogP contribution in [0.2, 0.25) is 0 Å². The molecule has 3 heterocycles. The van der Waals surface area contributed by atoms with Crippen LogP contribution in [0.15, 0.2) is 30.6 Å². The molecule has 6 atom stereocenters. The van der Waals surface area contributed by atoms with Gasteiger partial charge < -0.3 is 35.1 Å². The molecule has 0 radical (unpaired) electrons. The van der Waals surface area contributed by atoms with E-state index in [2.05, 4.69) is 17.0 Å². The molecule has 58 heavy (non-hydrogen) atoms. The molecule has 1 saturated heterocycles. The molecule has 0 saturated carbocycles. The van der Waals surface area contributed by atoms with Gasteiger partial charge in [-0.25, -0.2) is 18.5 Å². The number of phosphoric ester groups is 1. The van der Waals surface area contributed by atoms with Crippen molar-refractivity contribution < 1.29 is 47.3 Å². The number of ether oxygens (including phenoxy) is 3. The molecule has 17 heteroatoms. The topological polar surface area (TPSA) is 230 Å². The summed E-state index contributed by atoms with van der Waals surface area (Å²) in [7, 11) is -4.79. The van der Waals surface area contributed by atoms with Crippen LogP contribution in [0.1, 0.15) is 132 Å². The van der Waals surface area contributed by atoms with Crippen molar-refractivity contribution in [2.24, 2.45) is 5.73 Å². The minimum Gasteiger partial charge on any atom is -0.387 e. The van der Waals surface area contributed by atoms with Gasteiger partial charge in [-0.05, 0) is 43.2 Å². The fraction of sp³-hybridized carbons (Fsp3) is 0.683. The summed E-state index contributed by atoms with van der Waals surface area (Å²) in [5.41, 5.74) is 11.7. The van der Waals surface area contributed by atoms with Crippen LogP contribution in [0.5, 0.6) is 0 Å². The van der Waals surface area contributed by atoms with E-state index in [4.69, 9.17) is 34.7 Å². The summed E-state index contributed by atoms with van der Waals surface area (Å²) in [6.07, 6.45) is 15.8. The first kappa shape index (κ1) is 47.6. The Bertz CT molecular complexity index is 1780. The van der Waals surface area contributed by atoms with Crippen molar-refractivity contribution in [2.45, 2.75) is 153 Å². The molecule has 0 bridgehead atoms. The SMILES string of the molecule is CCCCCCCCCCCCCCCCCCOC[C@H](COP(=O)(O)OC[C@H]1O[C@@](N)(c2ccc3c(N)ncnn23)[C@H](O)[C@@H]1O)OCc1cc(F)c(C)c(C#N)c1. The van der Waals surface area contributed by atoms with Gasteiger partial charge in [-0.3, -0.25) is 14.8 Å². The predicted molar refractivity (Wildman–Crippen MR) is 217 cm³/mol. The number of nitrogens with zero attached hydrogens (tertiary/aromatic N) is 4. The average molecular weight is 835 g/mol. The summed E-state index contributed by atoms with van der Waals surface area (Å²) >= 11 is 0. The highest BCUT2D eigenvalue weighted by Gasteiger charge is 2.55. The minimum atomic E-state index is -4.79. The molecule has 3 aromatic rings. The molecule has 4 rings (SSSR count). The zero-order chi connectivity index (χ0) is 42.0. The number of rotatable bonds is 29. The largest absolute Gasteiger partial charge is 0.472 e. The number of halogens is 1. The van der Waals surface area contributed by atoms with E-state index in [1.54, 1.807) is 6.07 Å². The Morgan fingerprint density at radius 3 is 2.22 bits per heavy atom. The predicted octanol–water partition coefficient (Wildman–Crippen LogP) is 6.86. The fourth-order valence-electron chi connectivity index (χ4n) is 7.08. The van der Waals surface area contributed by atoms with Crippen molar-refractivity contribution >= 4 is 19.2 Å². The van der Waals surface area contributed by atoms with Crippen LogP contribution in [-0.2, 0) is 40.2 Å². The Morgan fingerprint density at radius 2 is 1.60 bits per heavy atom. The molecule has 324 valence electrons. The number of nitrogen functional groups attached to an aromatic ring is 1. The van der Waals surface area contributed by atoms with Crippen molar-refractivity contribution in [2.75, 3.05) is 32.2 Å². The molecule has 0 spiro atoms. The number of aromatic nitrogens is 3. The lowest BCUT2D eigenvalue weighted by Gasteiger charge is -2.27. The Balaban J connectivity index is 1.20. The van der Waals surface area contributed by atoms with Crippen LogP contribution >= 0.6 is 7.82 Å². The number of phosphoric acid groups is 1. The van der Waals surface area contributed by atoms with E-state index in [0.717, 1.165) is 19.3 Å². The van der Waals surface area contributed by atoms with E-state index in [0.29, 0.717) is 17.7 Å². The molecular weight excluding hydrogens is 770 g/mol. The zero-order valence-electron chi connectivity index (χ0n) is 34.1. The lowest BCUT2D eigenvalue weighted by atomic mass is 10.0. The van der Waals surface area contributed by atoms with Gasteiger partial charge in [0.1, 0.15) is 42.1 Å². The second kappa shape index (κ2) is 24.3. The van der Waals surface area contributed by atoms with Gasteiger partial charge in [-0.1, -0.05) is 103 Å². The van der Waals surface area contributed by atoms with Crippen molar-refractivity contribution in [3.8, 4) is 6.07 Å². The average Bonchev–Trinajstić information content (AvgIpc) is 3.75. The van der Waals surface area contributed by atoms with Gasteiger partial charge in [-0.2, -0.15) is 10.4 Å². The Hall–Kier alpha value is -3.07. The summed E-state index contributed by atoms with van der Waals surface area (Å²) in [4.78, 5) is 14.5. The molecule has 1 fully saturated rings. The maximum absolute atomic E-state index is 14.5. The van der Waals surface area contributed by atoms with E-state index in [1.807, 2.05) is 6.07 Å². The van der Waals surface area contributed by atoms with E-state index >= 15 is 0 Å². The second-order valence-corrected chi connectivity index (χ2v) is 16.7. The van der Waals surface area contributed by atoms with Crippen LogP contribution in [0.4, 0.5) is 10.2 Å². The number of hydrogen-bond donors (Lipinski definition) is 5. The lowest BCUT2D eigenvalue weighted by Crippen LogP contribution is -2.49. The number of unbranched alkanes of at least 4 members (excludes halogenated alkanes) is 15. The van der Waals surface area contributed by atoms with Crippen LogP contribution in [0.25, 0.3) is 5.52 Å². The fourth-order valence-corrected chi connectivity index (χ4v) is 7.85. The number of nitriles is 1. The number of nitrogens with two attached hydrogens (primary N) is 2. The molecule has 1 aliphatic rings. The van der Waals surface area contributed by atoms with Gasteiger partial charge in [0.2, 0.25) is 0 Å². The number of hydrogen-bond acceptors (Lipinski definition) is 13. The number of anilines is 1. The van der Waals surface area contributed by atoms with E-state index in [-0.39, 0.29) is 35.9 Å². The Labute approximate surface area is 341 Å². The molecule has 0 aliphatic carbocycles. The Morgan fingerprint density at radius 1 is 0.983 bits per heavy atom. The highest BCUT2D eigenvalue weighted by Crippen LogP contribution is 2.45. The molecule has 2 aromatic heterocycles. The summed E-state index contributed by atoms with van der Waals surface area (Å²) in [6, 6.07) is 7.83. The van der Waals surface area contributed by atoms with Gasteiger partial charge in [0.25, 0.3) is 0 Å². The van der Waals surface area contributed by atoms with E-state index in [1.165, 1.54) is 119 Å². The van der Waals surface area contributed by atoms with Gasteiger partial charge in [0.15, 0.2) is 11.5 Å². The maximum atomic E-state index is 14.5. The van der Waals surface area contributed by atoms with Gasteiger partial charge in [0.05, 0.1) is 43.8 Å². The second-order valence-electron chi connectivity index (χ2n) is 15.3. The maximum Gasteiger partial charge on any atom is 0.472 e. The zero-order valence-corrected chi connectivity index (χ0v) is 35.0. The highest BCUT2D eigenvalue weighted by atomic mass is 31.2. The van der Waals surface area contributed by atoms with Crippen LogP contribution in [0, 0.1) is 24.1 Å². The van der Waals surface area contributed by atoms with Crippen molar-refractivity contribution in [3.63, 3.8) is 0 Å². The van der Waals surface area contributed by atoms with Gasteiger partial charge in [0, 0.05) is 12.2 Å². The van der Waals surface area contributed by atoms with Crippen LogP contribution < -0.4 is 11.5 Å². The monoisotopic (exact) mass is 834 g/mol. The third-order valence-corrected chi connectivity index (χ3v) is 11.6. The summed E-state index contributed by atoms with van der Waals surface area (Å²) in [5.74, 6) is -0.397. The van der Waals surface area contributed by atoms with Crippen molar-refractivity contribution in [3.05, 3.63) is 58.8 Å². The molecule has 15 nitrogen and oxygen atoms in total. The quantitative estimate of drug-likeness (QED) is 0.0356. The normalized spacial score (nSPS) is 21.0. The molecule has 0 amide bonds. The van der Waals surface area contributed by atoms with Crippen molar-refractivity contribution in [1.29, 1.82) is 5.26 Å². The van der Waals surface area contributed by atoms with Gasteiger partial charge >= 0.3 is 7.82 Å². The van der Waals surface area contributed by atoms with Gasteiger partial charge in [-0.15, -0.1) is 0 Å². The third-order valence-electron chi connectivity index (χ3n) is 10.7. The first-order valence-corrected chi connectivity index (χ1v) is 22.3. The smallest absolute Gasteiger partial charge is 0.387 e. The Kier molecular flexibility index (Phi) is 19.9. The summed E-state index contributed by atoms with van der Waals surface area (Å²) in [5, 5.41) is 35.2. The molecule has 1 aromatic carbocycles. The minimum absolute atomic E-state index is 0.00384. The van der Waals surface area contributed by atoms with Crippen molar-refractivity contribution in [1.82, 2.24) is 14.6 Å². The first-order valence-electron chi connectivity index (χ1n) is 20.8. The molecule has 1 unspecified atom stereocenters. The number of fused-ring (bicyclic) bond motifs is 1. The molecule has 1 aliphatic heterocycles. The molecule has 7 N–H and O–H groups in total. The third kappa shape index (κ3) is 14.3. The highest BCUT2D eigenvalue weighted by molar-refractivity contribution is 7.47.